The zero-order valence-corrected chi connectivity index (χ0v) is 8.07. The van der Waals surface area contributed by atoms with Gasteiger partial charge in [0.05, 0.1) is 0 Å². The quantitative estimate of drug-likeness (QED) is 0.398. The topological polar surface area (TPSA) is 59.3 Å². The van der Waals surface area contributed by atoms with E-state index in [0.29, 0.717) is 6.61 Å². The van der Waals surface area contributed by atoms with Gasteiger partial charge in [-0.05, 0) is 20.1 Å². The standard InChI is InChI=1S/C6H17N3OS/c1-4-10-5(2)8-9-6(7)11-3/h5-6,8-9H,4,7H2,1-3H3. The molecule has 2 unspecified atom stereocenters. The Bertz CT molecular complexity index is 93.9. The van der Waals surface area contributed by atoms with Crippen LogP contribution in [0.25, 0.3) is 0 Å². The molecule has 0 aliphatic heterocycles. The van der Waals surface area contributed by atoms with Crippen LogP contribution in [-0.4, -0.2) is 24.6 Å². The van der Waals surface area contributed by atoms with Crippen LogP contribution >= 0.6 is 11.8 Å². The van der Waals surface area contributed by atoms with Crippen LogP contribution in [0.3, 0.4) is 0 Å². The summed E-state index contributed by atoms with van der Waals surface area (Å²) >= 11 is 1.53. The van der Waals surface area contributed by atoms with Gasteiger partial charge in [0.2, 0.25) is 0 Å². The Kier molecular flexibility index (Phi) is 6.99. The minimum atomic E-state index is -0.0853. The summed E-state index contributed by atoms with van der Waals surface area (Å²) in [7, 11) is 0. The third kappa shape index (κ3) is 6.58. The highest BCUT2D eigenvalue weighted by atomic mass is 32.2. The lowest BCUT2D eigenvalue weighted by Gasteiger charge is -2.17. The SMILES string of the molecule is CCOC(C)NNC(N)SC. The summed E-state index contributed by atoms with van der Waals surface area (Å²) in [4.78, 5) is 0. The lowest BCUT2D eigenvalue weighted by molar-refractivity contribution is 0.0401. The zero-order valence-electron chi connectivity index (χ0n) is 7.26. The summed E-state index contributed by atoms with van der Waals surface area (Å²) in [5.41, 5.74) is 11.3. The van der Waals surface area contributed by atoms with Gasteiger partial charge in [-0.15, -0.1) is 11.8 Å². The van der Waals surface area contributed by atoms with E-state index in [1.807, 2.05) is 20.1 Å². The van der Waals surface area contributed by atoms with Gasteiger partial charge in [0.1, 0.15) is 11.7 Å². The Morgan fingerprint density at radius 1 is 1.55 bits per heavy atom. The summed E-state index contributed by atoms with van der Waals surface area (Å²) in [5, 5.41) is 0. The Hall–Kier alpha value is 0.190. The Balaban J connectivity index is 3.22. The van der Waals surface area contributed by atoms with Crippen molar-refractivity contribution >= 4 is 11.8 Å². The molecule has 0 bridgehead atoms. The normalized spacial score (nSPS) is 16.4. The van der Waals surface area contributed by atoms with Gasteiger partial charge in [0.25, 0.3) is 0 Å². The minimum absolute atomic E-state index is 0.00167. The van der Waals surface area contributed by atoms with Crippen molar-refractivity contribution in [2.45, 2.75) is 25.6 Å². The van der Waals surface area contributed by atoms with E-state index in [1.54, 1.807) is 0 Å². The molecule has 0 radical (unpaired) electrons. The molecule has 5 heteroatoms. The van der Waals surface area contributed by atoms with Gasteiger partial charge in [-0.25, -0.2) is 10.9 Å². The fourth-order valence-electron chi connectivity index (χ4n) is 0.550. The molecule has 0 saturated heterocycles. The van der Waals surface area contributed by atoms with Crippen molar-refractivity contribution in [2.75, 3.05) is 12.9 Å². The lowest BCUT2D eigenvalue weighted by Crippen LogP contribution is -2.48. The summed E-state index contributed by atoms with van der Waals surface area (Å²) in [5.74, 6) is 0. The van der Waals surface area contributed by atoms with E-state index in [0.717, 1.165) is 0 Å². The van der Waals surface area contributed by atoms with Crippen molar-refractivity contribution in [1.29, 1.82) is 0 Å². The highest BCUT2D eigenvalue weighted by Crippen LogP contribution is 1.92. The van der Waals surface area contributed by atoms with Gasteiger partial charge < -0.3 is 10.5 Å². The predicted molar refractivity (Wildman–Crippen MR) is 48.8 cm³/mol. The Labute approximate surface area is 72.2 Å². The smallest absolute Gasteiger partial charge is 0.117 e. The van der Waals surface area contributed by atoms with Gasteiger partial charge >= 0.3 is 0 Å². The molecular formula is C6H17N3OS. The van der Waals surface area contributed by atoms with Gasteiger partial charge in [-0.3, -0.25) is 0 Å². The molecule has 0 aromatic heterocycles. The predicted octanol–water partition coefficient (Wildman–Crippen LogP) is 0.0684. The molecule has 0 saturated carbocycles. The van der Waals surface area contributed by atoms with Crippen LogP contribution in [0, 0.1) is 0 Å². The number of thioether (sulfide) groups is 1. The maximum Gasteiger partial charge on any atom is 0.117 e. The number of nitrogens with two attached hydrogens (primary N) is 1. The first-order chi connectivity index (χ1) is 5.20. The third-order valence-electron chi connectivity index (χ3n) is 1.10. The lowest BCUT2D eigenvalue weighted by atomic mass is 10.7. The largest absolute Gasteiger partial charge is 0.363 e. The van der Waals surface area contributed by atoms with Crippen molar-refractivity contribution in [1.82, 2.24) is 10.9 Å². The number of hydrogen-bond donors (Lipinski definition) is 3. The van der Waals surface area contributed by atoms with E-state index < -0.39 is 0 Å². The van der Waals surface area contributed by atoms with Crippen LogP contribution in [0.15, 0.2) is 0 Å². The summed E-state index contributed by atoms with van der Waals surface area (Å²) in [6.45, 7) is 4.57. The average Bonchev–Trinajstić information content (AvgIpc) is 2.01. The van der Waals surface area contributed by atoms with Crippen LogP contribution < -0.4 is 16.6 Å². The van der Waals surface area contributed by atoms with Crippen LogP contribution in [0.5, 0.6) is 0 Å². The van der Waals surface area contributed by atoms with Gasteiger partial charge in [-0.2, -0.15) is 0 Å². The van der Waals surface area contributed by atoms with E-state index in [2.05, 4.69) is 10.9 Å². The fraction of sp³-hybridized carbons (Fsp3) is 1.00. The van der Waals surface area contributed by atoms with Crippen LogP contribution in [0.4, 0.5) is 0 Å². The number of ether oxygens (including phenoxy) is 1. The van der Waals surface area contributed by atoms with Crippen molar-refractivity contribution in [3.8, 4) is 0 Å². The first-order valence-electron chi connectivity index (χ1n) is 3.61. The Morgan fingerprint density at radius 2 is 2.18 bits per heavy atom. The third-order valence-corrected chi connectivity index (χ3v) is 1.73. The molecule has 2 atom stereocenters. The molecule has 0 aromatic carbocycles. The molecule has 0 aliphatic rings. The molecule has 11 heavy (non-hydrogen) atoms. The van der Waals surface area contributed by atoms with Crippen molar-refractivity contribution < 1.29 is 4.74 Å². The van der Waals surface area contributed by atoms with E-state index in [9.17, 15) is 0 Å². The maximum atomic E-state index is 5.55. The second-order valence-electron chi connectivity index (χ2n) is 2.04. The molecule has 68 valence electrons. The van der Waals surface area contributed by atoms with Gasteiger partial charge in [0.15, 0.2) is 0 Å². The zero-order chi connectivity index (χ0) is 8.69. The second kappa shape index (κ2) is 6.87. The molecule has 4 nitrogen and oxygen atoms in total. The highest BCUT2D eigenvalue weighted by molar-refractivity contribution is 7.99. The first-order valence-corrected chi connectivity index (χ1v) is 4.90. The van der Waals surface area contributed by atoms with Gasteiger partial charge in [0, 0.05) is 6.61 Å². The molecule has 0 spiro atoms. The number of hydrogen-bond acceptors (Lipinski definition) is 5. The van der Waals surface area contributed by atoms with Crippen LogP contribution in [0.2, 0.25) is 0 Å². The highest BCUT2D eigenvalue weighted by Gasteiger charge is 2.01. The van der Waals surface area contributed by atoms with Crippen LogP contribution in [-0.2, 0) is 4.74 Å². The number of hydrazine groups is 1. The fourth-order valence-corrected chi connectivity index (χ4v) is 0.736. The molecule has 0 heterocycles. The van der Waals surface area contributed by atoms with E-state index in [1.165, 1.54) is 11.8 Å². The molecule has 0 amide bonds. The van der Waals surface area contributed by atoms with E-state index in [-0.39, 0.29) is 11.7 Å². The summed E-state index contributed by atoms with van der Waals surface area (Å²) < 4.78 is 5.20. The Morgan fingerprint density at radius 3 is 2.64 bits per heavy atom. The maximum absolute atomic E-state index is 5.55. The van der Waals surface area contributed by atoms with Crippen LogP contribution in [0.1, 0.15) is 13.8 Å². The van der Waals surface area contributed by atoms with Crippen molar-refractivity contribution in [3.63, 3.8) is 0 Å². The number of rotatable bonds is 6. The molecule has 0 fully saturated rings. The molecule has 4 N–H and O–H groups in total. The monoisotopic (exact) mass is 179 g/mol. The molecule has 0 aliphatic carbocycles. The second-order valence-corrected chi connectivity index (χ2v) is 3.02. The first kappa shape index (κ1) is 11.2. The summed E-state index contributed by atoms with van der Waals surface area (Å²) in [6.07, 6.45) is 1.93. The van der Waals surface area contributed by atoms with E-state index >= 15 is 0 Å². The molecule has 0 aromatic rings. The van der Waals surface area contributed by atoms with Crippen molar-refractivity contribution in [2.24, 2.45) is 5.73 Å². The molecule has 0 rings (SSSR count). The van der Waals surface area contributed by atoms with Gasteiger partial charge in [-0.1, -0.05) is 0 Å². The van der Waals surface area contributed by atoms with Crippen molar-refractivity contribution in [3.05, 3.63) is 0 Å². The number of nitrogens with one attached hydrogen (secondary N) is 2. The minimum Gasteiger partial charge on any atom is -0.363 e. The van der Waals surface area contributed by atoms with E-state index in [4.69, 9.17) is 10.5 Å². The average molecular weight is 179 g/mol. The molecular weight excluding hydrogens is 162 g/mol. The summed E-state index contributed by atoms with van der Waals surface area (Å²) in [6, 6.07) is 0.